The first-order chi connectivity index (χ1) is 16.7. The third-order valence-electron chi connectivity index (χ3n) is 5.21. The van der Waals surface area contributed by atoms with Gasteiger partial charge in [0.05, 0.1) is 37.1 Å². The predicted octanol–water partition coefficient (Wildman–Crippen LogP) is 5.38. The van der Waals surface area contributed by atoms with Gasteiger partial charge < -0.3 is 14.8 Å². The molecule has 1 aliphatic rings. The first-order valence-electron chi connectivity index (χ1n) is 10.2. The van der Waals surface area contributed by atoms with E-state index in [-0.39, 0.29) is 38.0 Å². The lowest BCUT2D eigenvalue weighted by atomic mass is 10.00. The molecule has 0 spiro atoms. The molecule has 3 aromatic rings. The van der Waals surface area contributed by atoms with E-state index in [1.165, 1.54) is 37.5 Å². The van der Waals surface area contributed by atoms with Crippen molar-refractivity contribution >= 4 is 70.6 Å². The zero-order valence-electron chi connectivity index (χ0n) is 18.0. The van der Waals surface area contributed by atoms with Gasteiger partial charge in [-0.05, 0) is 60.2 Å². The number of nitrogens with one attached hydrogen (secondary N) is 1. The van der Waals surface area contributed by atoms with E-state index >= 15 is 0 Å². The molecule has 1 N–H and O–H groups in total. The first-order valence-corrected chi connectivity index (χ1v) is 11.7. The molecule has 0 unspecified atom stereocenters. The standard InChI is InChI=1S/C25H16Cl4FNO4/c1-12(31-24(32)23-17(26)3-2-4-18(23)27)25(33)35-21-6-5-15(14-7-8-34-11-16(14)21)22-19(28)9-13(30)10-20(22)29/h2-7,9-12H,8H2,1H3,(H,31,32)/t12-/m0/s1. The van der Waals surface area contributed by atoms with Crippen molar-refractivity contribution in [3.63, 3.8) is 0 Å². The number of carbonyl (C=O) groups excluding carboxylic acids is 2. The average molecular weight is 555 g/mol. The van der Waals surface area contributed by atoms with Crippen molar-refractivity contribution in [2.24, 2.45) is 0 Å². The highest BCUT2D eigenvalue weighted by atomic mass is 35.5. The van der Waals surface area contributed by atoms with Gasteiger partial charge in [-0.25, -0.2) is 9.18 Å². The second kappa shape index (κ2) is 10.5. The smallest absolute Gasteiger partial charge is 0.333 e. The minimum atomic E-state index is -1.03. The van der Waals surface area contributed by atoms with Crippen LogP contribution in [0.15, 0.2) is 42.5 Å². The van der Waals surface area contributed by atoms with Crippen LogP contribution in [-0.2, 0) is 9.53 Å². The molecule has 0 bridgehead atoms. The molecule has 5 nitrogen and oxygen atoms in total. The molecule has 35 heavy (non-hydrogen) atoms. The Balaban J connectivity index is 1.63. The summed E-state index contributed by atoms with van der Waals surface area (Å²) in [6, 6.07) is 9.16. The summed E-state index contributed by atoms with van der Waals surface area (Å²) in [7, 11) is 0. The van der Waals surface area contributed by atoms with Gasteiger partial charge >= 0.3 is 5.97 Å². The van der Waals surface area contributed by atoms with Crippen LogP contribution in [0.1, 0.15) is 17.3 Å². The van der Waals surface area contributed by atoms with E-state index < -0.39 is 23.7 Å². The Morgan fingerprint density at radius 2 is 1.66 bits per heavy atom. The van der Waals surface area contributed by atoms with Gasteiger partial charge in [0.2, 0.25) is 0 Å². The number of halogens is 5. The highest BCUT2D eigenvalue weighted by molar-refractivity contribution is 6.40. The van der Waals surface area contributed by atoms with Gasteiger partial charge in [0.15, 0.2) is 0 Å². The molecule has 0 radical (unpaired) electrons. The number of hydrogen-bond acceptors (Lipinski definition) is 4. The zero-order chi connectivity index (χ0) is 25.3. The van der Waals surface area contributed by atoms with E-state index in [0.29, 0.717) is 21.6 Å². The summed E-state index contributed by atoms with van der Waals surface area (Å²) in [4.78, 5) is 25.4. The normalized spacial score (nSPS) is 13.0. The Morgan fingerprint density at radius 3 is 2.31 bits per heavy atom. The van der Waals surface area contributed by atoms with Crippen LogP contribution in [0, 0.1) is 5.82 Å². The number of amides is 1. The minimum absolute atomic E-state index is 0.0570. The van der Waals surface area contributed by atoms with Crippen molar-refractivity contribution in [3.05, 3.63) is 84.4 Å². The van der Waals surface area contributed by atoms with Crippen LogP contribution >= 0.6 is 46.4 Å². The Labute approximate surface area is 219 Å². The lowest BCUT2D eigenvalue weighted by molar-refractivity contribution is -0.136. The lowest BCUT2D eigenvalue weighted by Gasteiger charge is -2.17. The van der Waals surface area contributed by atoms with E-state index in [1.807, 2.05) is 0 Å². The molecule has 0 aliphatic carbocycles. The first kappa shape index (κ1) is 25.3. The Kier molecular flexibility index (Phi) is 7.57. The molecular weight excluding hydrogens is 539 g/mol. The topological polar surface area (TPSA) is 64.6 Å². The number of hydrogen-bond donors (Lipinski definition) is 1. The zero-order valence-corrected chi connectivity index (χ0v) is 21.0. The van der Waals surface area contributed by atoms with Crippen molar-refractivity contribution in [3.8, 4) is 16.9 Å². The van der Waals surface area contributed by atoms with Crippen LogP contribution in [0.5, 0.6) is 5.75 Å². The summed E-state index contributed by atoms with van der Waals surface area (Å²) in [5, 5.41) is 4.22. The van der Waals surface area contributed by atoms with E-state index in [0.717, 1.165) is 0 Å². The molecule has 0 saturated carbocycles. The van der Waals surface area contributed by atoms with Gasteiger partial charge in [0.25, 0.3) is 5.91 Å². The second-order valence-electron chi connectivity index (χ2n) is 7.55. The lowest BCUT2D eigenvalue weighted by Crippen LogP contribution is -2.42. The molecule has 1 aliphatic heterocycles. The fourth-order valence-electron chi connectivity index (χ4n) is 3.57. The molecule has 0 saturated heterocycles. The number of esters is 1. The van der Waals surface area contributed by atoms with Crippen LogP contribution in [0.25, 0.3) is 23.5 Å². The molecule has 4 rings (SSSR count). The molecular formula is C25H16Cl4FNO4. The molecule has 3 aromatic carbocycles. The highest BCUT2D eigenvalue weighted by Crippen LogP contribution is 2.34. The van der Waals surface area contributed by atoms with Gasteiger partial charge in [-0.3, -0.25) is 4.79 Å². The van der Waals surface area contributed by atoms with Gasteiger partial charge in [-0.2, -0.15) is 0 Å². The summed E-state index contributed by atoms with van der Waals surface area (Å²) in [5.41, 5.74) is 1.11. The van der Waals surface area contributed by atoms with Gasteiger partial charge in [0.1, 0.15) is 24.2 Å². The van der Waals surface area contributed by atoms with Crippen LogP contribution in [-0.4, -0.2) is 24.5 Å². The number of benzene rings is 3. The van der Waals surface area contributed by atoms with E-state index in [2.05, 4.69) is 5.32 Å². The summed E-state index contributed by atoms with van der Waals surface area (Å²) < 4.78 is 24.7. The van der Waals surface area contributed by atoms with Gasteiger partial charge in [-0.1, -0.05) is 52.5 Å². The van der Waals surface area contributed by atoms with Crippen molar-refractivity contribution in [1.29, 1.82) is 0 Å². The van der Waals surface area contributed by atoms with E-state index in [9.17, 15) is 14.0 Å². The Morgan fingerprint density at radius 1 is 1.00 bits per heavy atom. The Hall–Kier alpha value is -2.77. The van der Waals surface area contributed by atoms with Crippen LogP contribution in [0.4, 0.5) is 4.39 Å². The number of ether oxygens (including phenoxy) is 2. The monoisotopic (exact) mass is 553 g/mol. The number of rotatable bonds is 5. The third kappa shape index (κ3) is 5.26. The third-order valence-corrected chi connectivity index (χ3v) is 6.44. The van der Waals surface area contributed by atoms with Gasteiger partial charge in [-0.15, -0.1) is 0 Å². The molecule has 180 valence electrons. The fraction of sp³-hybridized carbons (Fsp3) is 0.120. The molecule has 0 aromatic heterocycles. The molecule has 1 atom stereocenters. The average Bonchev–Trinajstić information content (AvgIpc) is 2.79. The summed E-state index contributed by atoms with van der Waals surface area (Å²) in [5.74, 6) is -1.72. The largest absolute Gasteiger partial charge is 0.496 e. The van der Waals surface area contributed by atoms with Crippen molar-refractivity contribution in [1.82, 2.24) is 5.32 Å². The molecule has 0 fully saturated rings. The summed E-state index contributed by atoms with van der Waals surface area (Å²) >= 11 is 24.7. The maximum Gasteiger partial charge on any atom is 0.333 e. The fourth-order valence-corrected chi connectivity index (χ4v) is 4.80. The molecule has 10 heteroatoms. The van der Waals surface area contributed by atoms with Crippen molar-refractivity contribution in [2.45, 2.75) is 13.0 Å². The maximum atomic E-state index is 13.7. The minimum Gasteiger partial charge on any atom is -0.496 e. The van der Waals surface area contributed by atoms with Crippen LogP contribution < -0.4 is 20.5 Å². The maximum absolute atomic E-state index is 13.7. The summed E-state index contributed by atoms with van der Waals surface area (Å²) in [6.45, 7) is 1.73. The number of carbonyl (C=O) groups is 2. The van der Waals surface area contributed by atoms with E-state index in [1.54, 1.807) is 24.3 Å². The van der Waals surface area contributed by atoms with Crippen molar-refractivity contribution in [2.75, 3.05) is 6.61 Å². The van der Waals surface area contributed by atoms with Crippen molar-refractivity contribution < 1.29 is 23.5 Å². The van der Waals surface area contributed by atoms with Crippen LogP contribution in [0.2, 0.25) is 20.1 Å². The number of fused-ring (bicyclic) bond motifs is 1. The predicted molar refractivity (Wildman–Crippen MR) is 135 cm³/mol. The quantitative estimate of drug-likeness (QED) is 0.340. The molecule has 1 heterocycles. The van der Waals surface area contributed by atoms with E-state index in [4.69, 9.17) is 55.9 Å². The van der Waals surface area contributed by atoms with Crippen LogP contribution in [0.3, 0.4) is 0 Å². The SMILES string of the molecule is C[C@H](NC(=O)c1c(Cl)cccc1Cl)C(=O)Oc1ccc(-c2c(Cl)cc(F)cc2Cl)c2c1=COCC=2. The summed E-state index contributed by atoms with van der Waals surface area (Å²) in [6.07, 6.45) is 3.21. The second-order valence-corrected chi connectivity index (χ2v) is 9.18. The Bertz CT molecular complexity index is 1430. The van der Waals surface area contributed by atoms with Gasteiger partial charge in [0, 0.05) is 5.56 Å². The molecule has 1 amide bonds. The highest BCUT2D eigenvalue weighted by Gasteiger charge is 2.23.